The molecule has 0 spiro atoms. The summed E-state index contributed by atoms with van der Waals surface area (Å²) in [5.74, 6) is -0.809. The lowest BCUT2D eigenvalue weighted by molar-refractivity contribution is -0.136. The number of nitrogens with zero attached hydrogens (tertiary/aromatic N) is 6. The first-order valence-electron chi connectivity index (χ1n) is 22.5. The minimum Gasteiger partial charge on any atom is -0.492 e. The highest BCUT2D eigenvalue weighted by atomic mass is 32.2. The highest BCUT2D eigenvalue weighted by molar-refractivity contribution is 7.89. The van der Waals surface area contributed by atoms with E-state index in [-0.39, 0.29) is 40.9 Å². The number of imide groups is 2. The summed E-state index contributed by atoms with van der Waals surface area (Å²) in [7, 11) is -3.71. The molecule has 2 bridgehead atoms. The summed E-state index contributed by atoms with van der Waals surface area (Å²) in [6.45, 7) is 13.2. The molecule has 5 saturated heterocycles. The number of piperazine rings is 1. The number of amides is 4. The van der Waals surface area contributed by atoms with Gasteiger partial charge >= 0.3 is 0 Å². The third-order valence-electron chi connectivity index (χ3n) is 12.9. The second-order valence-electron chi connectivity index (χ2n) is 19.0. The van der Waals surface area contributed by atoms with Crippen molar-refractivity contribution in [3.05, 3.63) is 89.4 Å². The third kappa shape index (κ3) is 9.61. The van der Waals surface area contributed by atoms with Crippen molar-refractivity contribution < 1.29 is 36.7 Å². The maximum Gasteiger partial charge on any atom is 0.262 e. The molecule has 0 aliphatic carbocycles. The van der Waals surface area contributed by atoms with Gasteiger partial charge in [-0.25, -0.2) is 22.5 Å². The Bertz CT molecular complexity index is 2660. The average Bonchev–Trinajstić information content (AvgIpc) is 3.49. The summed E-state index contributed by atoms with van der Waals surface area (Å²) >= 11 is 0. The molecule has 4 aromatic rings. The molecule has 3 aromatic carbocycles. The fourth-order valence-electron chi connectivity index (χ4n) is 9.70. The van der Waals surface area contributed by atoms with Crippen LogP contribution in [0.15, 0.2) is 71.8 Å². The Morgan fingerprint density at radius 3 is 2.29 bits per heavy atom. The topological polar surface area (TPSA) is 199 Å². The van der Waals surface area contributed by atoms with Gasteiger partial charge in [-0.05, 0) is 127 Å². The fourth-order valence-corrected chi connectivity index (χ4v) is 11.2. The van der Waals surface area contributed by atoms with E-state index in [1.165, 1.54) is 6.07 Å². The van der Waals surface area contributed by atoms with Gasteiger partial charge in [0.05, 0.1) is 21.7 Å². The zero-order valence-electron chi connectivity index (χ0n) is 37.5. The molecule has 5 fully saturated rings. The molecule has 4 N–H and O–H groups in total. The Hall–Kier alpha value is -6.02. The smallest absolute Gasteiger partial charge is 0.262 e. The molecule has 6 aliphatic heterocycles. The van der Waals surface area contributed by atoms with Crippen LogP contribution in [0, 0.1) is 18.7 Å². The van der Waals surface area contributed by atoms with Gasteiger partial charge in [-0.15, -0.1) is 0 Å². The van der Waals surface area contributed by atoms with Crippen molar-refractivity contribution in [2.75, 3.05) is 61.4 Å². The molecular formula is C47H55FN10O7S. The molecule has 6 aliphatic rings. The SMILES string of the molecule is Cc1cnc(Nc2ccc(OCCN3CCC(CN4CC5CC(C4)N5c4cc5c(cc4F)C(=O)N(C4CCC(=O)NC4=O)C5=O)CC3)cc2)nc1Nc1cccc(S(=O)(=O)NC(C)(C)C)c1. The molecule has 19 heteroatoms. The van der Waals surface area contributed by atoms with E-state index in [0.717, 1.165) is 86.5 Å². The number of piperidine rings is 3. The van der Waals surface area contributed by atoms with Crippen molar-refractivity contribution >= 4 is 62.5 Å². The van der Waals surface area contributed by atoms with Gasteiger partial charge in [0.25, 0.3) is 11.8 Å². The van der Waals surface area contributed by atoms with Gasteiger partial charge in [0.1, 0.15) is 30.0 Å². The van der Waals surface area contributed by atoms with E-state index >= 15 is 4.39 Å². The maximum absolute atomic E-state index is 15.6. The summed E-state index contributed by atoms with van der Waals surface area (Å²) in [5.41, 5.74) is 1.89. The first kappa shape index (κ1) is 45.1. The number of aryl methyl sites for hydroxylation is 1. The highest BCUT2D eigenvalue weighted by Gasteiger charge is 2.49. The molecule has 66 heavy (non-hydrogen) atoms. The Labute approximate surface area is 383 Å². The molecule has 10 rings (SSSR count). The number of ether oxygens (including phenoxy) is 1. The largest absolute Gasteiger partial charge is 0.492 e. The van der Waals surface area contributed by atoms with Gasteiger partial charge in [-0.2, -0.15) is 4.98 Å². The molecular weight excluding hydrogens is 868 g/mol. The van der Waals surface area contributed by atoms with E-state index in [2.05, 4.69) is 40.4 Å². The summed E-state index contributed by atoms with van der Waals surface area (Å²) in [6, 6.07) is 15.9. The normalized spacial score (nSPS) is 21.7. The molecule has 17 nitrogen and oxygen atoms in total. The first-order valence-corrected chi connectivity index (χ1v) is 24.0. The first-order chi connectivity index (χ1) is 31.5. The van der Waals surface area contributed by atoms with E-state index in [0.29, 0.717) is 35.7 Å². The number of hydrogen-bond acceptors (Lipinski definition) is 14. The van der Waals surface area contributed by atoms with Gasteiger partial charge in [0.15, 0.2) is 0 Å². The summed E-state index contributed by atoms with van der Waals surface area (Å²) in [6.07, 6.45) is 4.86. The Morgan fingerprint density at radius 2 is 1.59 bits per heavy atom. The minimum atomic E-state index is -3.71. The van der Waals surface area contributed by atoms with Crippen LogP contribution >= 0.6 is 0 Å². The number of carbonyl (C=O) groups is 4. The van der Waals surface area contributed by atoms with Crippen molar-refractivity contribution in [3.8, 4) is 5.75 Å². The molecule has 348 valence electrons. The number of halogens is 1. The Kier molecular flexibility index (Phi) is 12.3. The van der Waals surface area contributed by atoms with E-state index in [1.807, 2.05) is 36.1 Å². The number of fused-ring (bicyclic) bond motifs is 3. The van der Waals surface area contributed by atoms with Crippen molar-refractivity contribution in [2.45, 2.75) is 88.4 Å². The zero-order valence-corrected chi connectivity index (χ0v) is 38.3. The monoisotopic (exact) mass is 922 g/mol. The summed E-state index contributed by atoms with van der Waals surface area (Å²) < 4.78 is 50.2. The average molecular weight is 923 g/mol. The van der Waals surface area contributed by atoms with E-state index < -0.39 is 51.0 Å². The Morgan fingerprint density at radius 1 is 0.879 bits per heavy atom. The van der Waals surface area contributed by atoms with E-state index in [1.54, 1.807) is 51.2 Å². The van der Waals surface area contributed by atoms with Gasteiger partial charge in [0.2, 0.25) is 27.8 Å². The molecule has 4 amide bonds. The van der Waals surface area contributed by atoms with Crippen LogP contribution in [-0.4, -0.2) is 126 Å². The highest BCUT2D eigenvalue weighted by Crippen LogP contribution is 2.41. The number of anilines is 5. The molecule has 3 atom stereocenters. The molecule has 1 aromatic heterocycles. The number of aromatic nitrogens is 2. The van der Waals surface area contributed by atoms with E-state index in [9.17, 15) is 27.6 Å². The van der Waals surface area contributed by atoms with Gasteiger partial charge in [0, 0.05) is 73.4 Å². The quantitative estimate of drug-likeness (QED) is 0.124. The number of nitrogens with one attached hydrogen (secondary N) is 4. The number of sulfonamides is 1. The van der Waals surface area contributed by atoms with E-state index in [4.69, 9.17) is 4.74 Å². The van der Waals surface area contributed by atoms with Crippen LogP contribution in [0.1, 0.15) is 79.2 Å². The van der Waals surface area contributed by atoms with Gasteiger partial charge < -0.3 is 20.3 Å². The number of benzene rings is 3. The van der Waals surface area contributed by atoms with Crippen LogP contribution in [0.5, 0.6) is 5.75 Å². The van der Waals surface area contributed by atoms with Gasteiger partial charge in [-0.3, -0.25) is 39.2 Å². The van der Waals surface area contributed by atoms with Crippen LogP contribution < -0.4 is 30.3 Å². The molecule has 3 unspecified atom stereocenters. The zero-order chi connectivity index (χ0) is 46.5. The predicted molar refractivity (Wildman–Crippen MR) is 245 cm³/mol. The van der Waals surface area contributed by atoms with Crippen LogP contribution in [0.4, 0.5) is 33.2 Å². The number of hydrogen-bond donors (Lipinski definition) is 4. The second kappa shape index (κ2) is 18.0. The number of likely N-dealkylation sites (tertiary alicyclic amines) is 1. The van der Waals surface area contributed by atoms with Crippen LogP contribution in [-0.2, 0) is 19.6 Å². The number of rotatable bonds is 14. The van der Waals surface area contributed by atoms with Crippen LogP contribution in [0.25, 0.3) is 0 Å². The lowest BCUT2D eigenvalue weighted by Crippen LogP contribution is -2.69. The van der Waals surface area contributed by atoms with Crippen molar-refractivity contribution in [2.24, 2.45) is 5.92 Å². The lowest BCUT2D eigenvalue weighted by atomic mass is 9.85. The minimum absolute atomic E-state index is 0.0202. The third-order valence-corrected chi connectivity index (χ3v) is 14.6. The second-order valence-corrected chi connectivity index (χ2v) is 20.7. The molecule has 7 heterocycles. The van der Waals surface area contributed by atoms with Crippen LogP contribution in [0.3, 0.4) is 0 Å². The summed E-state index contributed by atoms with van der Waals surface area (Å²) in [4.78, 5) is 67.8. The molecule has 0 radical (unpaired) electrons. The maximum atomic E-state index is 15.6. The summed E-state index contributed by atoms with van der Waals surface area (Å²) in [5, 5.41) is 8.66. The van der Waals surface area contributed by atoms with Gasteiger partial charge in [-0.1, -0.05) is 6.07 Å². The number of carbonyl (C=O) groups excluding carboxylic acids is 4. The fraction of sp³-hybridized carbons (Fsp3) is 0.447. The predicted octanol–water partition coefficient (Wildman–Crippen LogP) is 4.94. The van der Waals surface area contributed by atoms with Crippen molar-refractivity contribution in [1.29, 1.82) is 0 Å². The standard InChI is InChI=1S/C47H55FN10O7S/c1-28-24-49-46(53-42(28)50-31-6-5-7-35(20-31)66(63,64)54-47(2,3)4)51-30-8-10-34(11-9-30)65-19-18-55-16-14-29(15-17-55)25-56-26-32-21-33(27-56)57(32)40-23-37-36(22-38(40)48)44(61)58(45(37)62)39-12-13-41(59)52-43(39)60/h5-11,20,22-24,29,32-33,39,54H,12-19,21,25-27H2,1-4H3,(H,52,59,60)(H2,49,50,51,53). The van der Waals surface area contributed by atoms with Crippen molar-refractivity contribution in [1.82, 2.24) is 34.7 Å². The van der Waals surface area contributed by atoms with Crippen LogP contribution in [0.2, 0.25) is 0 Å². The Balaban J connectivity index is 0.705. The molecule has 0 saturated carbocycles. The lowest BCUT2D eigenvalue weighted by Gasteiger charge is -2.58. The van der Waals surface area contributed by atoms with Crippen molar-refractivity contribution in [3.63, 3.8) is 0 Å².